The second-order valence-electron chi connectivity index (χ2n) is 7.62. The van der Waals surface area contributed by atoms with Crippen molar-refractivity contribution in [3.8, 4) is 5.69 Å². The van der Waals surface area contributed by atoms with Crippen LogP contribution in [-0.2, 0) is 11.2 Å². The van der Waals surface area contributed by atoms with Crippen molar-refractivity contribution in [3.05, 3.63) is 98.7 Å². The molecule has 3 aromatic carbocycles. The van der Waals surface area contributed by atoms with Crippen LogP contribution in [0.4, 0.5) is 5.69 Å². The summed E-state index contributed by atoms with van der Waals surface area (Å²) in [6.07, 6.45) is 0.626. The third kappa shape index (κ3) is 5.85. The van der Waals surface area contributed by atoms with E-state index in [1.54, 1.807) is 0 Å². The number of hydrogen-bond donors (Lipinski definition) is 1. The van der Waals surface area contributed by atoms with Gasteiger partial charge in [-0.3, -0.25) is 9.36 Å². The van der Waals surface area contributed by atoms with Crippen molar-refractivity contribution in [2.24, 2.45) is 0 Å². The van der Waals surface area contributed by atoms with Gasteiger partial charge in [0.25, 0.3) is 0 Å². The number of benzene rings is 3. The molecule has 0 aliphatic carbocycles. The molecule has 1 heterocycles. The fourth-order valence-corrected chi connectivity index (χ4v) is 5.13. The number of amides is 1. The molecule has 168 valence electrons. The minimum Gasteiger partial charge on any atom is -0.325 e. The molecule has 0 aliphatic heterocycles. The van der Waals surface area contributed by atoms with Crippen LogP contribution in [0.25, 0.3) is 5.69 Å². The molecule has 0 saturated heterocycles. The van der Waals surface area contributed by atoms with Crippen molar-refractivity contribution < 1.29 is 4.79 Å². The van der Waals surface area contributed by atoms with E-state index in [-0.39, 0.29) is 11.7 Å². The molecule has 0 aliphatic rings. The maximum absolute atomic E-state index is 12.7. The molecular weight excluding hydrogens is 520 g/mol. The molecule has 4 aromatic rings. The van der Waals surface area contributed by atoms with E-state index in [0.717, 1.165) is 38.4 Å². The molecular formula is C25H22BrClN4OS. The van der Waals surface area contributed by atoms with Gasteiger partial charge in [0, 0.05) is 27.3 Å². The lowest BCUT2D eigenvalue weighted by Gasteiger charge is -2.13. The first-order valence-electron chi connectivity index (χ1n) is 10.3. The van der Waals surface area contributed by atoms with E-state index >= 15 is 0 Å². The van der Waals surface area contributed by atoms with E-state index in [0.29, 0.717) is 16.6 Å². The van der Waals surface area contributed by atoms with Crippen LogP contribution >= 0.6 is 39.3 Å². The lowest BCUT2D eigenvalue weighted by molar-refractivity contribution is -0.113. The molecule has 0 spiro atoms. The topological polar surface area (TPSA) is 59.8 Å². The highest BCUT2D eigenvalue weighted by Crippen LogP contribution is 2.27. The first kappa shape index (κ1) is 23.5. The van der Waals surface area contributed by atoms with Gasteiger partial charge >= 0.3 is 0 Å². The normalized spacial score (nSPS) is 10.9. The fraction of sp³-hybridized carbons (Fsp3) is 0.160. The molecule has 1 amide bonds. The second-order valence-corrected chi connectivity index (χ2v) is 9.92. The minimum atomic E-state index is -0.0937. The summed E-state index contributed by atoms with van der Waals surface area (Å²) in [7, 11) is 0. The van der Waals surface area contributed by atoms with Gasteiger partial charge in [0.05, 0.1) is 5.75 Å². The van der Waals surface area contributed by atoms with Crippen molar-refractivity contribution >= 4 is 50.9 Å². The largest absolute Gasteiger partial charge is 0.325 e. The number of nitrogens with zero attached hydrogens (tertiary/aromatic N) is 3. The standard InChI is InChI=1S/C25H22BrClN4OS/c1-16-12-19(26)13-17(2)24(16)28-23(32)15-33-25-30-29-22(14-18-6-4-3-5-7-18)31(25)21-10-8-20(27)9-11-21/h3-13H,14-15H2,1-2H3,(H,28,32). The SMILES string of the molecule is Cc1cc(Br)cc(C)c1NC(=O)CSc1nnc(Cc2ccccc2)n1-c1ccc(Cl)cc1. The Labute approximate surface area is 210 Å². The summed E-state index contributed by atoms with van der Waals surface area (Å²) in [6.45, 7) is 3.96. The average Bonchev–Trinajstić information content (AvgIpc) is 3.18. The monoisotopic (exact) mass is 540 g/mol. The van der Waals surface area contributed by atoms with Gasteiger partial charge in [0.15, 0.2) is 5.16 Å². The smallest absolute Gasteiger partial charge is 0.234 e. The van der Waals surface area contributed by atoms with Crippen molar-refractivity contribution in [2.45, 2.75) is 25.4 Å². The predicted octanol–water partition coefficient (Wildman–Crippen LogP) is 6.62. The first-order chi connectivity index (χ1) is 15.9. The van der Waals surface area contributed by atoms with Crippen LogP contribution in [0.2, 0.25) is 5.02 Å². The molecule has 0 radical (unpaired) electrons. The van der Waals surface area contributed by atoms with Gasteiger partial charge in [-0.15, -0.1) is 10.2 Å². The summed E-state index contributed by atoms with van der Waals surface area (Å²) in [5, 5.41) is 13.2. The van der Waals surface area contributed by atoms with Gasteiger partial charge in [0.2, 0.25) is 5.91 Å². The number of hydrogen-bond acceptors (Lipinski definition) is 4. The average molecular weight is 542 g/mol. The molecule has 0 atom stereocenters. The number of anilines is 1. The van der Waals surface area contributed by atoms with E-state index in [2.05, 4.69) is 43.6 Å². The van der Waals surface area contributed by atoms with Crippen molar-refractivity contribution in [2.75, 3.05) is 11.1 Å². The molecule has 8 heteroatoms. The quantitative estimate of drug-likeness (QED) is 0.267. The number of aryl methyl sites for hydroxylation is 2. The Morgan fingerprint density at radius 1 is 1.03 bits per heavy atom. The molecule has 4 rings (SSSR count). The molecule has 1 aromatic heterocycles. The Bertz CT molecular complexity index is 1250. The fourth-order valence-electron chi connectivity index (χ4n) is 3.55. The van der Waals surface area contributed by atoms with E-state index < -0.39 is 0 Å². The van der Waals surface area contributed by atoms with Crippen LogP contribution in [0.1, 0.15) is 22.5 Å². The Balaban J connectivity index is 1.56. The summed E-state index contributed by atoms with van der Waals surface area (Å²) >= 11 is 10.9. The summed E-state index contributed by atoms with van der Waals surface area (Å²) in [4.78, 5) is 12.7. The molecule has 5 nitrogen and oxygen atoms in total. The zero-order valence-corrected chi connectivity index (χ0v) is 21.3. The number of rotatable bonds is 7. The summed E-state index contributed by atoms with van der Waals surface area (Å²) < 4.78 is 2.98. The van der Waals surface area contributed by atoms with Gasteiger partial charge in [-0.1, -0.05) is 69.6 Å². The number of thioether (sulfide) groups is 1. The first-order valence-corrected chi connectivity index (χ1v) is 12.5. The highest BCUT2D eigenvalue weighted by Gasteiger charge is 2.17. The van der Waals surface area contributed by atoms with E-state index in [1.807, 2.05) is 73.0 Å². The van der Waals surface area contributed by atoms with Crippen LogP contribution < -0.4 is 5.32 Å². The zero-order valence-electron chi connectivity index (χ0n) is 18.2. The van der Waals surface area contributed by atoms with Crippen molar-refractivity contribution in [1.29, 1.82) is 0 Å². The van der Waals surface area contributed by atoms with Gasteiger partial charge in [-0.25, -0.2) is 0 Å². The number of carbonyl (C=O) groups excluding carboxylic acids is 1. The lowest BCUT2D eigenvalue weighted by Crippen LogP contribution is -2.16. The summed E-state index contributed by atoms with van der Waals surface area (Å²) in [5.41, 5.74) is 4.89. The van der Waals surface area contributed by atoms with E-state index in [1.165, 1.54) is 11.8 Å². The van der Waals surface area contributed by atoms with E-state index in [4.69, 9.17) is 11.6 Å². The third-order valence-corrected chi connectivity index (χ3v) is 6.72. The molecule has 0 bridgehead atoms. The zero-order chi connectivity index (χ0) is 23.4. The summed E-state index contributed by atoms with van der Waals surface area (Å²) in [6, 6.07) is 21.6. The van der Waals surface area contributed by atoms with Crippen LogP contribution in [0.5, 0.6) is 0 Å². The van der Waals surface area contributed by atoms with Crippen molar-refractivity contribution in [1.82, 2.24) is 14.8 Å². The van der Waals surface area contributed by atoms with Crippen LogP contribution in [0.15, 0.2) is 76.4 Å². The van der Waals surface area contributed by atoms with Crippen molar-refractivity contribution in [3.63, 3.8) is 0 Å². The Morgan fingerprint density at radius 3 is 2.36 bits per heavy atom. The summed E-state index contributed by atoms with van der Waals surface area (Å²) in [5.74, 6) is 0.918. The third-order valence-electron chi connectivity index (χ3n) is 5.08. The van der Waals surface area contributed by atoms with Gasteiger partial charge < -0.3 is 5.32 Å². The van der Waals surface area contributed by atoms with Crippen LogP contribution in [0.3, 0.4) is 0 Å². The van der Waals surface area contributed by atoms with Gasteiger partial charge in [-0.05, 0) is 66.9 Å². The Morgan fingerprint density at radius 2 is 1.70 bits per heavy atom. The van der Waals surface area contributed by atoms with Crippen LogP contribution in [-0.4, -0.2) is 26.4 Å². The molecule has 1 N–H and O–H groups in total. The van der Waals surface area contributed by atoms with Crippen LogP contribution in [0, 0.1) is 13.8 Å². The van der Waals surface area contributed by atoms with Gasteiger partial charge in [0.1, 0.15) is 5.82 Å². The second kappa shape index (κ2) is 10.5. The lowest BCUT2D eigenvalue weighted by atomic mass is 10.1. The molecule has 0 fully saturated rings. The molecule has 0 saturated carbocycles. The number of halogens is 2. The van der Waals surface area contributed by atoms with Gasteiger partial charge in [-0.2, -0.15) is 0 Å². The van der Waals surface area contributed by atoms with E-state index in [9.17, 15) is 4.79 Å². The molecule has 0 unspecified atom stereocenters. The Kier molecular flexibility index (Phi) is 7.53. The highest BCUT2D eigenvalue weighted by molar-refractivity contribution is 9.10. The maximum atomic E-state index is 12.7. The highest BCUT2D eigenvalue weighted by atomic mass is 79.9. The predicted molar refractivity (Wildman–Crippen MR) is 139 cm³/mol. The number of nitrogens with one attached hydrogen (secondary N) is 1. The molecule has 33 heavy (non-hydrogen) atoms. The minimum absolute atomic E-state index is 0.0937. The Hall–Kier alpha value is -2.61. The number of carbonyl (C=O) groups is 1. The maximum Gasteiger partial charge on any atom is 0.234 e. The number of aromatic nitrogens is 3.